The fraction of sp³-hybridized carbons (Fsp3) is 0.480. The van der Waals surface area contributed by atoms with Crippen LogP contribution < -0.4 is 14.4 Å². The van der Waals surface area contributed by atoms with Gasteiger partial charge in [0.05, 0.1) is 11.9 Å². The van der Waals surface area contributed by atoms with E-state index in [2.05, 4.69) is 17.3 Å². The fourth-order valence-electron chi connectivity index (χ4n) is 3.97. The van der Waals surface area contributed by atoms with E-state index in [-0.39, 0.29) is 19.0 Å². The van der Waals surface area contributed by atoms with Crippen molar-refractivity contribution in [3.63, 3.8) is 0 Å². The number of aryl methyl sites for hydroxylation is 1. The molecular weight excluding hydrogens is 454 g/mol. The van der Waals surface area contributed by atoms with Gasteiger partial charge >= 0.3 is 0 Å². The van der Waals surface area contributed by atoms with E-state index >= 15 is 0 Å². The van der Waals surface area contributed by atoms with Crippen LogP contribution >= 0.6 is 0 Å². The molecule has 0 spiro atoms. The van der Waals surface area contributed by atoms with Crippen molar-refractivity contribution in [1.82, 2.24) is 10.2 Å². The number of sulfonamides is 1. The van der Waals surface area contributed by atoms with Crippen LogP contribution in [-0.4, -0.2) is 71.5 Å². The second-order valence-corrected chi connectivity index (χ2v) is 10.6. The number of amides is 1. The van der Waals surface area contributed by atoms with Gasteiger partial charge in [0.25, 0.3) is 0 Å². The topological polar surface area (TPSA) is 88.2 Å². The lowest BCUT2D eigenvalue weighted by Gasteiger charge is -2.31. The summed E-state index contributed by atoms with van der Waals surface area (Å²) in [4.78, 5) is 14.9. The maximum Gasteiger partial charge on any atom is 0.241 e. The average Bonchev–Trinajstić information content (AvgIpc) is 2.82. The summed E-state index contributed by atoms with van der Waals surface area (Å²) >= 11 is 0. The highest BCUT2D eigenvalue weighted by Crippen LogP contribution is 2.22. The molecule has 0 atom stereocenters. The molecule has 0 aliphatic carbocycles. The number of nitrogens with zero attached hydrogens (tertiary/aromatic N) is 2. The Labute approximate surface area is 202 Å². The smallest absolute Gasteiger partial charge is 0.241 e. The molecule has 0 aromatic heterocycles. The van der Waals surface area contributed by atoms with Crippen LogP contribution in [0.25, 0.3) is 0 Å². The molecule has 1 aliphatic rings. The summed E-state index contributed by atoms with van der Waals surface area (Å²) in [6.07, 6.45) is 3.20. The quantitative estimate of drug-likeness (QED) is 0.522. The Morgan fingerprint density at radius 2 is 1.88 bits per heavy atom. The Morgan fingerprint density at radius 1 is 1.15 bits per heavy atom. The molecule has 0 unspecified atom stereocenters. The first-order valence-corrected chi connectivity index (χ1v) is 13.4. The van der Waals surface area contributed by atoms with Gasteiger partial charge in [-0.3, -0.25) is 14.0 Å². The van der Waals surface area contributed by atoms with Crippen molar-refractivity contribution in [3.8, 4) is 5.75 Å². The van der Waals surface area contributed by atoms with E-state index < -0.39 is 10.0 Å². The van der Waals surface area contributed by atoms with Crippen molar-refractivity contribution in [1.29, 1.82) is 0 Å². The minimum atomic E-state index is -3.61. The maximum absolute atomic E-state index is 12.6. The van der Waals surface area contributed by atoms with Gasteiger partial charge in [-0.25, -0.2) is 8.42 Å². The molecule has 0 saturated carbocycles. The summed E-state index contributed by atoms with van der Waals surface area (Å²) < 4.78 is 37.1. The molecule has 9 heteroatoms. The molecule has 0 bridgehead atoms. The van der Waals surface area contributed by atoms with E-state index in [9.17, 15) is 13.2 Å². The van der Waals surface area contributed by atoms with Crippen LogP contribution in [0.4, 0.5) is 5.69 Å². The van der Waals surface area contributed by atoms with Gasteiger partial charge in [-0.05, 0) is 56.1 Å². The maximum atomic E-state index is 12.6. The number of hydrogen-bond donors (Lipinski definition) is 1. The normalized spacial score (nSPS) is 14.7. The third-order valence-corrected chi connectivity index (χ3v) is 7.11. The van der Waals surface area contributed by atoms with Crippen molar-refractivity contribution in [2.75, 3.05) is 50.5 Å². The van der Waals surface area contributed by atoms with Crippen LogP contribution in [0.5, 0.6) is 5.75 Å². The summed E-state index contributed by atoms with van der Waals surface area (Å²) in [5, 5.41) is 2.81. The van der Waals surface area contributed by atoms with Crippen molar-refractivity contribution in [3.05, 3.63) is 59.7 Å². The molecule has 2 aromatic carbocycles. The van der Waals surface area contributed by atoms with Crippen LogP contribution in [0.1, 0.15) is 24.0 Å². The minimum Gasteiger partial charge on any atom is -0.492 e. The second kappa shape index (κ2) is 12.2. The summed E-state index contributed by atoms with van der Waals surface area (Å²) in [5.74, 6) is 0.364. The third-order valence-electron chi connectivity index (χ3n) is 5.99. The number of nitrogens with one attached hydrogen (secondary N) is 1. The van der Waals surface area contributed by atoms with E-state index in [1.807, 2.05) is 43.3 Å². The van der Waals surface area contributed by atoms with Crippen molar-refractivity contribution in [2.45, 2.75) is 32.4 Å². The molecule has 8 nitrogen and oxygen atoms in total. The van der Waals surface area contributed by atoms with Gasteiger partial charge in [-0.2, -0.15) is 0 Å². The number of benzene rings is 2. The molecule has 34 heavy (non-hydrogen) atoms. The lowest BCUT2D eigenvalue weighted by atomic mass is 10.1. The summed E-state index contributed by atoms with van der Waals surface area (Å²) in [6, 6.07) is 15.2. The van der Waals surface area contributed by atoms with Crippen molar-refractivity contribution >= 4 is 21.6 Å². The molecule has 2 aromatic rings. The van der Waals surface area contributed by atoms with Crippen LogP contribution in [0, 0.1) is 6.92 Å². The number of hydrogen-bond acceptors (Lipinski definition) is 6. The Kier molecular flexibility index (Phi) is 9.32. The van der Waals surface area contributed by atoms with Gasteiger partial charge in [-0.15, -0.1) is 0 Å². The van der Waals surface area contributed by atoms with Crippen LogP contribution in [0.2, 0.25) is 0 Å². The Bertz CT molecular complexity index is 1050. The van der Waals surface area contributed by atoms with Gasteiger partial charge in [0, 0.05) is 32.3 Å². The van der Waals surface area contributed by atoms with Crippen LogP contribution in [0.3, 0.4) is 0 Å². The summed E-state index contributed by atoms with van der Waals surface area (Å²) in [5.41, 5.74) is 2.17. The first-order valence-electron chi connectivity index (χ1n) is 11.5. The molecule has 186 valence electrons. The predicted octanol–water partition coefficient (Wildman–Crippen LogP) is 2.57. The third kappa shape index (κ3) is 7.72. The van der Waals surface area contributed by atoms with Crippen LogP contribution in [-0.2, 0) is 26.1 Å². The lowest BCUT2D eigenvalue weighted by Crippen LogP contribution is -2.40. The minimum absolute atomic E-state index is 0.279. The highest BCUT2D eigenvalue weighted by molar-refractivity contribution is 7.92. The Balaban J connectivity index is 1.50. The van der Waals surface area contributed by atoms with Gasteiger partial charge in [-0.1, -0.05) is 30.3 Å². The van der Waals surface area contributed by atoms with Crippen LogP contribution in [0.15, 0.2) is 48.5 Å². The zero-order chi connectivity index (χ0) is 24.6. The average molecular weight is 490 g/mol. The molecule has 1 fully saturated rings. The van der Waals surface area contributed by atoms with Gasteiger partial charge in [0.2, 0.25) is 15.9 Å². The van der Waals surface area contributed by atoms with E-state index in [1.165, 1.54) is 0 Å². The Morgan fingerprint density at radius 3 is 2.59 bits per heavy atom. The molecule has 1 N–H and O–H groups in total. The Hall–Kier alpha value is -2.62. The first kappa shape index (κ1) is 26.0. The molecule has 1 saturated heterocycles. The highest BCUT2D eigenvalue weighted by atomic mass is 32.2. The SMILES string of the molecule is Cc1ccccc1N(CC(=O)NCc1cccc(OCCN(C)C2CCOCC2)c1)S(C)(=O)=O. The highest BCUT2D eigenvalue weighted by Gasteiger charge is 2.22. The standard InChI is InChI=1S/C25H35N3O5S/c1-20-7-4-5-10-24(20)28(34(3,30)31)19-25(29)26-18-21-8-6-9-23(17-21)33-16-13-27(2)22-11-14-32-15-12-22/h4-10,17,22H,11-16,18-19H2,1-3H3,(H,26,29). The largest absolute Gasteiger partial charge is 0.492 e. The molecule has 1 aliphatic heterocycles. The molecule has 1 heterocycles. The monoisotopic (exact) mass is 489 g/mol. The van der Waals surface area contributed by atoms with Gasteiger partial charge in [0.15, 0.2) is 0 Å². The number of ether oxygens (including phenoxy) is 2. The molecule has 3 rings (SSSR count). The zero-order valence-electron chi connectivity index (χ0n) is 20.2. The van der Waals surface area contributed by atoms with E-state index in [0.29, 0.717) is 18.3 Å². The predicted molar refractivity (Wildman–Crippen MR) is 134 cm³/mol. The summed E-state index contributed by atoms with van der Waals surface area (Å²) in [6.45, 7) is 4.85. The van der Waals surface area contributed by atoms with Crippen molar-refractivity contribution < 1.29 is 22.7 Å². The summed E-state index contributed by atoms with van der Waals surface area (Å²) in [7, 11) is -1.50. The van der Waals surface area contributed by atoms with E-state index in [4.69, 9.17) is 9.47 Å². The number of anilines is 1. The fourth-order valence-corrected chi connectivity index (χ4v) is 4.89. The van der Waals surface area contributed by atoms with Gasteiger partial charge in [0.1, 0.15) is 18.9 Å². The number of carbonyl (C=O) groups excluding carboxylic acids is 1. The van der Waals surface area contributed by atoms with E-state index in [0.717, 1.165) is 60.0 Å². The van der Waals surface area contributed by atoms with E-state index in [1.54, 1.807) is 12.1 Å². The van der Waals surface area contributed by atoms with Gasteiger partial charge < -0.3 is 14.8 Å². The number of para-hydroxylation sites is 1. The number of rotatable bonds is 11. The second-order valence-electron chi connectivity index (χ2n) is 8.65. The first-order chi connectivity index (χ1) is 16.2. The molecule has 1 amide bonds. The van der Waals surface area contributed by atoms with Crippen molar-refractivity contribution in [2.24, 2.45) is 0 Å². The number of carbonyl (C=O) groups is 1. The number of likely N-dealkylation sites (N-methyl/N-ethyl adjacent to an activating group) is 1. The molecule has 0 radical (unpaired) electrons. The molecular formula is C25H35N3O5S. The zero-order valence-corrected chi connectivity index (χ0v) is 21.0. The lowest BCUT2D eigenvalue weighted by molar-refractivity contribution is -0.119.